The number of halogens is 2. The molecule has 0 aliphatic carbocycles. The molecule has 1 nitrogen and oxygen atoms in total. The third kappa shape index (κ3) is 3.15. The van der Waals surface area contributed by atoms with Crippen LogP contribution in [0.25, 0.3) is 0 Å². The van der Waals surface area contributed by atoms with E-state index in [9.17, 15) is 9.50 Å². The molecule has 0 aromatic heterocycles. The van der Waals surface area contributed by atoms with Crippen molar-refractivity contribution in [3.8, 4) is 0 Å². The van der Waals surface area contributed by atoms with Crippen molar-refractivity contribution in [1.82, 2.24) is 0 Å². The van der Waals surface area contributed by atoms with Gasteiger partial charge in [0, 0.05) is 10.6 Å². The van der Waals surface area contributed by atoms with Gasteiger partial charge in [0.1, 0.15) is 5.82 Å². The van der Waals surface area contributed by atoms with E-state index < -0.39 is 6.10 Å². The molecule has 0 amide bonds. The molecule has 1 rings (SSSR count). The Morgan fingerprint density at radius 1 is 1.57 bits per heavy atom. The first-order valence-corrected chi connectivity index (χ1v) is 6.04. The number of thioether (sulfide) groups is 1. The minimum atomic E-state index is -0.675. The van der Waals surface area contributed by atoms with Gasteiger partial charge in [-0.1, -0.05) is 11.6 Å². The average Bonchev–Trinajstić information content (AvgIpc) is 2.18. The highest BCUT2D eigenvalue weighted by molar-refractivity contribution is 7.98. The summed E-state index contributed by atoms with van der Waals surface area (Å²) in [6.45, 7) is 0. The van der Waals surface area contributed by atoms with Crippen LogP contribution < -0.4 is 0 Å². The Balaban J connectivity index is 2.77. The Hall–Kier alpha value is -0.250. The zero-order valence-corrected chi connectivity index (χ0v) is 9.41. The van der Waals surface area contributed by atoms with Gasteiger partial charge in [0.15, 0.2) is 0 Å². The quantitative estimate of drug-likeness (QED) is 0.863. The number of aliphatic hydroxyl groups excluding tert-OH is 1. The lowest BCUT2D eigenvalue weighted by Gasteiger charge is -2.11. The van der Waals surface area contributed by atoms with Gasteiger partial charge in [0.25, 0.3) is 0 Å². The van der Waals surface area contributed by atoms with Crippen LogP contribution in [0.15, 0.2) is 18.2 Å². The highest BCUT2D eigenvalue weighted by atomic mass is 35.5. The van der Waals surface area contributed by atoms with Crippen LogP contribution in [0.3, 0.4) is 0 Å². The van der Waals surface area contributed by atoms with Gasteiger partial charge < -0.3 is 5.11 Å². The third-order valence-electron chi connectivity index (χ3n) is 1.91. The van der Waals surface area contributed by atoms with Crippen LogP contribution in [0.4, 0.5) is 4.39 Å². The van der Waals surface area contributed by atoms with Crippen molar-refractivity contribution in [1.29, 1.82) is 0 Å². The first-order valence-electron chi connectivity index (χ1n) is 4.27. The Bertz CT molecular complexity index is 306. The lowest BCUT2D eigenvalue weighted by atomic mass is 10.1. The predicted molar refractivity (Wildman–Crippen MR) is 59.4 cm³/mol. The highest BCUT2D eigenvalue weighted by Gasteiger charge is 2.11. The van der Waals surface area contributed by atoms with E-state index in [2.05, 4.69) is 0 Å². The summed E-state index contributed by atoms with van der Waals surface area (Å²) in [7, 11) is 0. The van der Waals surface area contributed by atoms with E-state index in [0.29, 0.717) is 17.0 Å². The normalized spacial score (nSPS) is 12.9. The van der Waals surface area contributed by atoms with Crippen molar-refractivity contribution < 1.29 is 9.50 Å². The number of hydrogen-bond acceptors (Lipinski definition) is 2. The molecule has 0 heterocycles. The van der Waals surface area contributed by atoms with Crippen LogP contribution in [-0.4, -0.2) is 17.1 Å². The Kier molecular flexibility index (Phi) is 4.72. The number of benzene rings is 1. The minimum Gasteiger partial charge on any atom is -0.388 e. The SMILES string of the molecule is CSCCC(O)c1cc(F)ccc1Cl. The molecule has 0 saturated carbocycles. The smallest absolute Gasteiger partial charge is 0.123 e. The van der Waals surface area contributed by atoms with Crippen LogP contribution in [0.2, 0.25) is 5.02 Å². The molecular weight excluding hydrogens is 223 g/mol. The van der Waals surface area contributed by atoms with Crippen molar-refractivity contribution in [3.63, 3.8) is 0 Å². The van der Waals surface area contributed by atoms with Gasteiger partial charge in [0.05, 0.1) is 6.10 Å². The second-order valence-electron chi connectivity index (χ2n) is 2.96. The fraction of sp³-hybridized carbons (Fsp3) is 0.400. The first kappa shape index (κ1) is 11.8. The van der Waals surface area contributed by atoms with E-state index in [4.69, 9.17) is 11.6 Å². The summed E-state index contributed by atoms with van der Waals surface area (Å²) in [5, 5.41) is 10.1. The van der Waals surface area contributed by atoms with E-state index in [1.165, 1.54) is 18.2 Å². The molecule has 14 heavy (non-hydrogen) atoms. The van der Waals surface area contributed by atoms with Crippen LogP contribution in [0, 0.1) is 5.82 Å². The summed E-state index contributed by atoms with van der Waals surface area (Å²) < 4.78 is 12.9. The molecule has 0 fully saturated rings. The molecule has 0 bridgehead atoms. The molecule has 1 unspecified atom stereocenters. The summed E-state index contributed by atoms with van der Waals surface area (Å²) >= 11 is 7.47. The van der Waals surface area contributed by atoms with Gasteiger partial charge >= 0.3 is 0 Å². The molecule has 1 aromatic carbocycles. The Morgan fingerprint density at radius 3 is 2.93 bits per heavy atom. The molecule has 0 saturated heterocycles. The summed E-state index contributed by atoms with van der Waals surface area (Å²) in [4.78, 5) is 0. The zero-order chi connectivity index (χ0) is 10.6. The van der Waals surface area contributed by atoms with E-state index in [1.807, 2.05) is 6.26 Å². The number of aliphatic hydroxyl groups is 1. The maximum absolute atomic E-state index is 12.9. The van der Waals surface area contributed by atoms with E-state index >= 15 is 0 Å². The van der Waals surface area contributed by atoms with E-state index in [-0.39, 0.29) is 5.82 Å². The standard InChI is InChI=1S/C10H12ClFOS/c1-14-5-4-10(13)8-6-7(12)2-3-9(8)11/h2-3,6,10,13H,4-5H2,1H3. The van der Waals surface area contributed by atoms with Crippen LogP contribution in [0.5, 0.6) is 0 Å². The molecule has 0 aliphatic heterocycles. The van der Waals surface area contributed by atoms with Crippen molar-refractivity contribution in [3.05, 3.63) is 34.6 Å². The molecule has 1 aromatic rings. The minimum absolute atomic E-state index is 0.368. The highest BCUT2D eigenvalue weighted by Crippen LogP contribution is 2.26. The van der Waals surface area contributed by atoms with Gasteiger partial charge in [-0.2, -0.15) is 11.8 Å². The summed E-state index contributed by atoms with van der Waals surface area (Å²) in [5.41, 5.74) is 0.473. The Morgan fingerprint density at radius 2 is 2.29 bits per heavy atom. The van der Waals surface area contributed by atoms with Crippen molar-refractivity contribution in [2.45, 2.75) is 12.5 Å². The van der Waals surface area contributed by atoms with Gasteiger partial charge in [-0.15, -0.1) is 0 Å². The van der Waals surface area contributed by atoms with E-state index in [0.717, 1.165) is 5.75 Å². The van der Waals surface area contributed by atoms with Crippen LogP contribution in [-0.2, 0) is 0 Å². The van der Waals surface area contributed by atoms with Crippen molar-refractivity contribution in [2.75, 3.05) is 12.0 Å². The number of rotatable bonds is 4. The second-order valence-corrected chi connectivity index (χ2v) is 4.36. The van der Waals surface area contributed by atoms with Gasteiger partial charge in [-0.3, -0.25) is 0 Å². The van der Waals surface area contributed by atoms with Crippen LogP contribution >= 0.6 is 23.4 Å². The van der Waals surface area contributed by atoms with Gasteiger partial charge in [0.2, 0.25) is 0 Å². The molecule has 1 N–H and O–H groups in total. The third-order valence-corrected chi connectivity index (χ3v) is 2.90. The second kappa shape index (κ2) is 5.59. The number of hydrogen-bond donors (Lipinski definition) is 1. The molecule has 0 spiro atoms. The molecule has 78 valence electrons. The fourth-order valence-corrected chi connectivity index (χ4v) is 1.86. The zero-order valence-electron chi connectivity index (χ0n) is 7.84. The maximum Gasteiger partial charge on any atom is 0.123 e. The van der Waals surface area contributed by atoms with Gasteiger partial charge in [-0.25, -0.2) is 4.39 Å². The predicted octanol–water partition coefficient (Wildman–Crippen LogP) is 3.27. The molecule has 1 atom stereocenters. The van der Waals surface area contributed by atoms with Gasteiger partial charge in [-0.05, 0) is 36.6 Å². The molecule has 0 radical (unpaired) electrons. The first-order chi connectivity index (χ1) is 6.65. The molecule has 0 aliphatic rings. The molecular formula is C10H12ClFOS. The van der Waals surface area contributed by atoms with Crippen molar-refractivity contribution >= 4 is 23.4 Å². The molecule has 4 heteroatoms. The van der Waals surface area contributed by atoms with E-state index in [1.54, 1.807) is 11.8 Å². The lowest BCUT2D eigenvalue weighted by molar-refractivity contribution is 0.174. The largest absolute Gasteiger partial charge is 0.388 e. The average molecular weight is 235 g/mol. The fourth-order valence-electron chi connectivity index (χ4n) is 1.15. The lowest BCUT2D eigenvalue weighted by Crippen LogP contribution is -2.00. The van der Waals surface area contributed by atoms with Crippen molar-refractivity contribution in [2.24, 2.45) is 0 Å². The monoisotopic (exact) mass is 234 g/mol. The maximum atomic E-state index is 12.9. The summed E-state index contributed by atoms with van der Waals surface area (Å²) in [5.74, 6) is 0.459. The Labute approximate surface area is 92.3 Å². The topological polar surface area (TPSA) is 20.2 Å². The van der Waals surface area contributed by atoms with Crippen LogP contribution in [0.1, 0.15) is 18.1 Å². The summed E-state index contributed by atoms with van der Waals surface area (Å²) in [6.07, 6.45) is 1.87. The summed E-state index contributed by atoms with van der Waals surface area (Å²) in [6, 6.07) is 4.04.